The molecule has 6 nitrogen and oxygen atoms in total. The van der Waals surface area contributed by atoms with Crippen LogP contribution >= 0.6 is 11.8 Å². The van der Waals surface area contributed by atoms with Crippen LogP contribution in [0.15, 0.2) is 36.5 Å². The molecule has 0 atom stereocenters. The van der Waals surface area contributed by atoms with Crippen LogP contribution in [0.1, 0.15) is 30.5 Å². The Morgan fingerprint density at radius 3 is 2.32 bits per heavy atom. The first kappa shape index (κ1) is 24.6. The van der Waals surface area contributed by atoms with Crippen LogP contribution in [0.3, 0.4) is 0 Å². The molecule has 0 aliphatic carbocycles. The van der Waals surface area contributed by atoms with Crippen molar-refractivity contribution in [2.45, 2.75) is 25.8 Å². The SMILES string of the molecule is COc1cc(C=Cc2cccc[n+]2CCCCCSC(=O)N(C)C)cc(OC)c1OC. The average molecular weight is 446 g/mol. The minimum absolute atomic E-state index is 0.122. The lowest BCUT2D eigenvalue weighted by atomic mass is 10.1. The first-order chi connectivity index (χ1) is 15.0. The van der Waals surface area contributed by atoms with Crippen LogP contribution in [0.2, 0.25) is 0 Å². The Balaban J connectivity index is 1.99. The number of methoxy groups -OCH3 is 3. The van der Waals surface area contributed by atoms with E-state index in [1.54, 1.807) is 40.3 Å². The van der Waals surface area contributed by atoms with Gasteiger partial charge in [0.2, 0.25) is 11.4 Å². The summed E-state index contributed by atoms with van der Waals surface area (Å²) in [5, 5.41) is 0.122. The van der Waals surface area contributed by atoms with Gasteiger partial charge in [0, 0.05) is 44.5 Å². The highest BCUT2D eigenvalue weighted by atomic mass is 32.2. The molecule has 0 aliphatic heterocycles. The van der Waals surface area contributed by atoms with Gasteiger partial charge < -0.3 is 19.1 Å². The van der Waals surface area contributed by atoms with Gasteiger partial charge in [-0.1, -0.05) is 11.8 Å². The molecule has 0 spiro atoms. The molecule has 2 aromatic rings. The molecule has 0 fully saturated rings. The van der Waals surface area contributed by atoms with Gasteiger partial charge in [-0.05, 0) is 42.7 Å². The zero-order chi connectivity index (χ0) is 22.6. The quantitative estimate of drug-likeness (QED) is 0.369. The van der Waals surface area contributed by atoms with Crippen LogP contribution in [0.5, 0.6) is 17.2 Å². The Labute approximate surface area is 189 Å². The number of aromatic nitrogens is 1. The van der Waals surface area contributed by atoms with E-state index < -0.39 is 0 Å². The molecule has 7 heteroatoms. The number of amides is 1. The van der Waals surface area contributed by atoms with Crippen LogP contribution in [0, 0.1) is 0 Å². The molecule has 168 valence electrons. The van der Waals surface area contributed by atoms with E-state index in [0.29, 0.717) is 17.2 Å². The molecule has 0 bridgehead atoms. The maximum Gasteiger partial charge on any atom is 0.281 e. The minimum atomic E-state index is 0.122. The highest BCUT2D eigenvalue weighted by Crippen LogP contribution is 2.38. The third-order valence-corrected chi connectivity index (χ3v) is 5.85. The highest BCUT2D eigenvalue weighted by Gasteiger charge is 2.13. The predicted octanol–water partition coefficient (Wildman–Crippen LogP) is 4.76. The van der Waals surface area contributed by atoms with Crippen molar-refractivity contribution in [3.8, 4) is 17.2 Å². The van der Waals surface area contributed by atoms with Gasteiger partial charge in [0.15, 0.2) is 17.7 Å². The van der Waals surface area contributed by atoms with Gasteiger partial charge in [-0.15, -0.1) is 0 Å². The summed E-state index contributed by atoms with van der Waals surface area (Å²) in [7, 11) is 8.40. The number of rotatable bonds is 11. The zero-order valence-corrected chi connectivity index (χ0v) is 19.9. The van der Waals surface area contributed by atoms with Crippen LogP contribution in [-0.4, -0.2) is 51.3 Å². The van der Waals surface area contributed by atoms with Crippen molar-refractivity contribution in [2.75, 3.05) is 41.2 Å². The highest BCUT2D eigenvalue weighted by molar-refractivity contribution is 8.13. The summed E-state index contributed by atoms with van der Waals surface area (Å²) in [6.07, 6.45) is 9.42. The van der Waals surface area contributed by atoms with Crippen LogP contribution in [0.4, 0.5) is 4.79 Å². The standard InChI is InChI=1S/C24H33N2O4S/c1-25(2)24(27)31-16-10-6-8-14-26-15-9-7-11-20(26)13-12-19-17-21(28-3)23(30-5)22(18-19)29-4/h7,9,11-13,15,17-18H,6,8,10,14,16H2,1-5H3/q+1. The number of aryl methyl sites for hydroxylation is 1. The van der Waals surface area contributed by atoms with E-state index in [1.807, 2.05) is 30.3 Å². The van der Waals surface area contributed by atoms with Crippen LogP contribution < -0.4 is 18.8 Å². The maximum absolute atomic E-state index is 11.6. The van der Waals surface area contributed by atoms with Gasteiger partial charge in [-0.3, -0.25) is 4.79 Å². The summed E-state index contributed by atoms with van der Waals surface area (Å²) in [5.41, 5.74) is 2.08. The fourth-order valence-electron chi connectivity index (χ4n) is 3.07. The second-order valence-corrected chi connectivity index (χ2v) is 8.23. The second kappa shape index (κ2) is 12.9. The molecule has 0 saturated carbocycles. The molecular formula is C24H33N2O4S+. The molecule has 31 heavy (non-hydrogen) atoms. The number of pyridine rings is 1. The lowest BCUT2D eigenvalue weighted by Gasteiger charge is -2.12. The molecule has 0 N–H and O–H groups in total. The Morgan fingerprint density at radius 2 is 1.71 bits per heavy atom. The summed E-state index contributed by atoms with van der Waals surface area (Å²) in [4.78, 5) is 13.2. The minimum Gasteiger partial charge on any atom is -0.493 e. The normalized spacial score (nSPS) is 10.9. The van der Waals surface area contributed by atoms with E-state index in [4.69, 9.17) is 14.2 Å². The number of carbonyl (C=O) groups excluding carboxylic acids is 1. The van der Waals surface area contributed by atoms with Gasteiger partial charge in [0.1, 0.15) is 6.54 Å². The Morgan fingerprint density at radius 1 is 1.00 bits per heavy atom. The molecule has 1 aromatic heterocycles. The van der Waals surface area contributed by atoms with E-state index in [2.05, 4.69) is 22.9 Å². The molecule has 1 amide bonds. The first-order valence-corrected chi connectivity index (χ1v) is 11.3. The Bertz CT molecular complexity index is 859. The number of nitrogens with zero attached hydrogens (tertiary/aromatic N) is 2. The number of ether oxygens (including phenoxy) is 3. The molecule has 0 aliphatic rings. The summed E-state index contributed by atoms with van der Waals surface area (Å²) in [6.45, 7) is 0.933. The van der Waals surface area contributed by atoms with E-state index in [-0.39, 0.29) is 5.24 Å². The lowest BCUT2D eigenvalue weighted by Crippen LogP contribution is -2.36. The average Bonchev–Trinajstić information content (AvgIpc) is 2.79. The molecule has 0 saturated heterocycles. The third-order valence-electron chi connectivity index (χ3n) is 4.74. The fraction of sp³-hybridized carbons (Fsp3) is 0.417. The summed E-state index contributed by atoms with van der Waals surface area (Å²) in [5.74, 6) is 2.72. The van der Waals surface area contributed by atoms with Crippen LogP contribution in [-0.2, 0) is 6.54 Å². The van der Waals surface area contributed by atoms with Crippen molar-refractivity contribution in [2.24, 2.45) is 0 Å². The number of unbranched alkanes of at least 4 members (excludes halogenated alkanes) is 2. The van der Waals surface area contributed by atoms with Crippen molar-refractivity contribution in [1.82, 2.24) is 4.90 Å². The molecular weight excluding hydrogens is 412 g/mol. The smallest absolute Gasteiger partial charge is 0.281 e. The Hall–Kier alpha value is -2.67. The topological polar surface area (TPSA) is 51.9 Å². The largest absolute Gasteiger partial charge is 0.493 e. The number of thioether (sulfide) groups is 1. The summed E-state index contributed by atoms with van der Waals surface area (Å²) < 4.78 is 18.5. The molecule has 2 rings (SSSR count). The summed E-state index contributed by atoms with van der Waals surface area (Å²) >= 11 is 1.39. The molecule has 0 unspecified atom stereocenters. The molecule has 0 radical (unpaired) electrons. The zero-order valence-electron chi connectivity index (χ0n) is 19.1. The van der Waals surface area contributed by atoms with Gasteiger partial charge in [0.25, 0.3) is 5.24 Å². The lowest BCUT2D eigenvalue weighted by molar-refractivity contribution is -0.699. The first-order valence-electron chi connectivity index (χ1n) is 10.3. The number of hydrogen-bond acceptors (Lipinski definition) is 5. The van der Waals surface area contributed by atoms with Crippen LogP contribution in [0.25, 0.3) is 12.2 Å². The fourth-order valence-corrected chi connectivity index (χ4v) is 3.85. The summed E-state index contributed by atoms with van der Waals surface area (Å²) in [6, 6.07) is 10.0. The molecule has 1 aromatic carbocycles. The van der Waals surface area contributed by atoms with Crippen molar-refractivity contribution in [3.63, 3.8) is 0 Å². The van der Waals surface area contributed by atoms with E-state index >= 15 is 0 Å². The maximum atomic E-state index is 11.6. The number of benzene rings is 1. The van der Waals surface area contributed by atoms with Gasteiger partial charge in [-0.25, -0.2) is 0 Å². The number of hydrogen-bond donors (Lipinski definition) is 0. The van der Waals surface area contributed by atoms with Gasteiger partial charge >= 0.3 is 0 Å². The van der Waals surface area contributed by atoms with Gasteiger partial charge in [0.05, 0.1) is 21.3 Å². The number of carbonyl (C=O) groups is 1. The molecule has 1 heterocycles. The van der Waals surface area contributed by atoms with E-state index in [0.717, 1.165) is 42.8 Å². The van der Waals surface area contributed by atoms with E-state index in [9.17, 15) is 4.79 Å². The third kappa shape index (κ3) is 7.51. The second-order valence-electron chi connectivity index (χ2n) is 7.18. The van der Waals surface area contributed by atoms with Crippen molar-refractivity contribution >= 4 is 29.2 Å². The van der Waals surface area contributed by atoms with Crippen molar-refractivity contribution < 1.29 is 23.6 Å². The van der Waals surface area contributed by atoms with Crippen molar-refractivity contribution in [1.29, 1.82) is 0 Å². The van der Waals surface area contributed by atoms with E-state index in [1.165, 1.54) is 11.8 Å². The monoisotopic (exact) mass is 445 g/mol. The van der Waals surface area contributed by atoms with Gasteiger partial charge in [-0.2, -0.15) is 4.57 Å². The predicted molar refractivity (Wildman–Crippen MR) is 127 cm³/mol. The van der Waals surface area contributed by atoms with Crippen molar-refractivity contribution in [3.05, 3.63) is 47.8 Å². The Kier molecular flexibility index (Phi) is 10.2.